The molecule has 20 heavy (non-hydrogen) atoms. The van der Waals surface area contributed by atoms with Gasteiger partial charge >= 0.3 is 0 Å². The Bertz CT molecular complexity index is 437. The van der Waals surface area contributed by atoms with Crippen molar-refractivity contribution in [3.63, 3.8) is 0 Å². The van der Waals surface area contributed by atoms with Gasteiger partial charge in [0.1, 0.15) is 0 Å². The van der Waals surface area contributed by atoms with Gasteiger partial charge in [-0.3, -0.25) is 4.98 Å². The number of ether oxygens (including phenoxy) is 1. The zero-order valence-corrected chi connectivity index (χ0v) is 13.5. The van der Waals surface area contributed by atoms with E-state index in [0.29, 0.717) is 17.9 Å². The summed E-state index contributed by atoms with van der Waals surface area (Å²) < 4.78 is 5.50. The van der Waals surface area contributed by atoms with E-state index in [-0.39, 0.29) is 0 Å². The Labute approximate surface area is 123 Å². The Balaban J connectivity index is 2.38. The number of hydrogen-bond donors (Lipinski definition) is 0. The Morgan fingerprint density at radius 3 is 2.35 bits per heavy atom. The third-order valence-electron chi connectivity index (χ3n) is 4.40. The van der Waals surface area contributed by atoms with Crippen molar-refractivity contribution in [3.05, 3.63) is 29.1 Å². The van der Waals surface area contributed by atoms with Crippen LogP contribution in [0.1, 0.15) is 68.4 Å². The maximum atomic E-state index is 5.50. The van der Waals surface area contributed by atoms with Gasteiger partial charge in [-0.05, 0) is 57.3 Å². The summed E-state index contributed by atoms with van der Waals surface area (Å²) in [5.41, 5.74) is 3.89. The fourth-order valence-corrected chi connectivity index (χ4v) is 2.76. The third kappa shape index (κ3) is 3.39. The highest BCUT2D eigenvalue weighted by Crippen LogP contribution is 2.33. The van der Waals surface area contributed by atoms with Crippen molar-refractivity contribution in [3.8, 4) is 0 Å². The summed E-state index contributed by atoms with van der Waals surface area (Å²) in [6.45, 7) is 8.43. The molecule has 0 amide bonds. The fourth-order valence-electron chi connectivity index (χ4n) is 2.76. The summed E-state index contributed by atoms with van der Waals surface area (Å²) in [7, 11) is 4.25. The van der Waals surface area contributed by atoms with Gasteiger partial charge in [0.15, 0.2) is 0 Å². The highest BCUT2D eigenvalue weighted by molar-refractivity contribution is 5.30. The molecule has 0 radical (unpaired) electrons. The lowest BCUT2D eigenvalue weighted by atomic mass is 9.88. The van der Waals surface area contributed by atoms with Crippen molar-refractivity contribution in [1.29, 1.82) is 0 Å². The molecule has 3 heteroatoms. The molecule has 0 aromatic carbocycles. The molecule has 2 rings (SSSR count). The van der Waals surface area contributed by atoms with Gasteiger partial charge in [0.05, 0.1) is 5.69 Å². The zero-order chi connectivity index (χ0) is 14.7. The first-order valence-electron chi connectivity index (χ1n) is 7.75. The average Bonchev–Trinajstić information content (AvgIpc) is 2.46. The maximum absolute atomic E-state index is 5.50. The molecule has 0 saturated carbocycles. The summed E-state index contributed by atoms with van der Waals surface area (Å²) in [5.74, 6) is 1.08. The first kappa shape index (κ1) is 15.5. The van der Waals surface area contributed by atoms with Crippen LogP contribution in [-0.4, -0.2) is 37.2 Å². The zero-order valence-electron chi connectivity index (χ0n) is 13.5. The molecule has 2 heterocycles. The number of rotatable bonds is 4. The maximum Gasteiger partial charge on any atom is 0.0610 e. The number of aromatic nitrogens is 1. The Kier molecular flexibility index (Phi) is 5.17. The summed E-state index contributed by atoms with van der Waals surface area (Å²) >= 11 is 0. The molecule has 0 unspecified atom stereocenters. The van der Waals surface area contributed by atoms with E-state index in [2.05, 4.69) is 51.9 Å². The van der Waals surface area contributed by atoms with Crippen molar-refractivity contribution < 1.29 is 4.74 Å². The van der Waals surface area contributed by atoms with Crippen molar-refractivity contribution in [2.45, 2.75) is 51.5 Å². The Hall–Kier alpha value is -0.930. The molecule has 0 aliphatic carbocycles. The minimum absolute atomic E-state index is 0.353. The van der Waals surface area contributed by atoms with Crippen LogP contribution in [0.4, 0.5) is 0 Å². The lowest BCUT2D eigenvalue weighted by molar-refractivity contribution is 0.0847. The van der Waals surface area contributed by atoms with E-state index in [1.165, 1.54) is 17.0 Å². The second kappa shape index (κ2) is 6.68. The van der Waals surface area contributed by atoms with Crippen LogP contribution in [-0.2, 0) is 4.74 Å². The van der Waals surface area contributed by atoms with E-state index < -0.39 is 0 Å². The highest BCUT2D eigenvalue weighted by atomic mass is 16.5. The number of nitrogens with zero attached hydrogens (tertiary/aromatic N) is 2. The van der Waals surface area contributed by atoms with Crippen LogP contribution < -0.4 is 0 Å². The first-order chi connectivity index (χ1) is 9.50. The molecule has 1 fully saturated rings. The lowest BCUT2D eigenvalue weighted by Crippen LogP contribution is -2.23. The van der Waals surface area contributed by atoms with Gasteiger partial charge < -0.3 is 9.64 Å². The predicted molar refractivity (Wildman–Crippen MR) is 83.2 cm³/mol. The topological polar surface area (TPSA) is 25.4 Å². The molecule has 0 bridgehead atoms. The summed E-state index contributed by atoms with van der Waals surface area (Å²) in [5, 5.41) is 0. The molecule has 1 saturated heterocycles. The monoisotopic (exact) mass is 276 g/mol. The van der Waals surface area contributed by atoms with Crippen LogP contribution in [0.25, 0.3) is 0 Å². The SMILES string of the molecule is CC(C)c1ccc(C2CCOCC2)c([C@H](C)N(C)C)n1. The van der Waals surface area contributed by atoms with Gasteiger partial charge in [-0.2, -0.15) is 0 Å². The van der Waals surface area contributed by atoms with Crippen LogP contribution in [0.3, 0.4) is 0 Å². The molecule has 112 valence electrons. The molecular formula is C17H28N2O. The normalized spacial score (nSPS) is 18.8. The Morgan fingerprint density at radius 2 is 1.80 bits per heavy atom. The average molecular weight is 276 g/mol. The minimum Gasteiger partial charge on any atom is -0.381 e. The molecule has 1 aliphatic heterocycles. The summed E-state index contributed by atoms with van der Waals surface area (Å²) in [4.78, 5) is 7.23. The third-order valence-corrected chi connectivity index (χ3v) is 4.40. The van der Waals surface area contributed by atoms with E-state index in [1.54, 1.807) is 0 Å². The van der Waals surface area contributed by atoms with E-state index in [1.807, 2.05) is 0 Å². The Morgan fingerprint density at radius 1 is 1.15 bits per heavy atom. The smallest absolute Gasteiger partial charge is 0.0610 e. The van der Waals surface area contributed by atoms with Gasteiger partial charge in [0.25, 0.3) is 0 Å². The molecular weight excluding hydrogens is 248 g/mol. The molecule has 3 nitrogen and oxygen atoms in total. The second-order valence-corrected chi connectivity index (χ2v) is 6.39. The van der Waals surface area contributed by atoms with E-state index in [0.717, 1.165) is 26.1 Å². The van der Waals surface area contributed by atoms with Gasteiger partial charge in [0, 0.05) is 24.9 Å². The van der Waals surface area contributed by atoms with Crippen LogP contribution in [0, 0.1) is 0 Å². The van der Waals surface area contributed by atoms with Crippen LogP contribution >= 0.6 is 0 Å². The standard InChI is InChI=1S/C17H28N2O/c1-12(2)16-7-6-15(14-8-10-20-11-9-14)17(18-16)13(3)19(4)5/h6-7,12-14H,8-11H2,1-5H3/t13-/m0/s1. The predicted octanol–water partition coefficient (Wildman–Crippen LogP) is 3.72. The largest absolute Gasteiger partial charge is 0.381 e. The van der Waals surface area contributed by atoms with E-state index >= 15 is 0 Å². The van der Waals surface area contributed by atoms with Crippen molar-refractivity contribution >= 4 is 0 Å². The van der Waals surface area contributed by atoms with E-state index in [4.69, 9.17) is 9.72 Å². The number of pyridine rings is 1. The lowest BCUT2D eigenvalue weighted by Gasteiger charge is -2.29. The molecule has 0 spiro atoms. The van der Waals surface area contributed by atoms with Gasteiger partial charge in [0.2, 0.25) is 0 Å². The van der Waals surface area contributed by atoms with Crippen molar-refractivity contribution in [1.82, 2.24) is 9.88 Å². The molecule has 1 aromatic heterocycles. The molecule has 1 aliphatic rings. The van der Waals surface area contributed by atoms with Crippen LogP contribution in [0.2, 0.25) is 0 Å². The fraction of sp³-hybridized carbons (Fsp3) is 0.706. The van der Waals surface area contributed by atoms with Gasteiger partial charge in [-0.25, -0.2) is 0 Å². The minimum atomic E-state index is 0.353. The second-order valence-electron chi connectivity index (χ2n) is 6.39. The molecule has 1 atom stereocenters. The van der Waals surface area contributed by atoms with Crippen LogP contribution in [0.5, 0.6) is 0 Å². The van der Waals surface area contributed by atoms with Gasteiger partial charge in [-0.1, -0.05) is 19.9 Å². The summed E-state index contributed by atoms with van der Waals surface area (Å²) in [6.07, 6.45) is 2.24. The first-order valence-corrected chi connectivity index (χ1v) is 7.75. The van der Waals surface area contributed by atoms with Crippen LogP contribution in [0.15, 0.2) is 12.1 Å². The molecule has 1 aromatic rings. The van der Waals surface area contributed by atoms with Crippen molar-refractivity contribution in [2.75, 3.05) is 27.3 Å². The van der Waals surface area contributed by atoms with E-state index in [9.17, 15) is 0 Å². The van der Waals surface area contributed by atoms with Crippen molar-refractivity contribution in [2.24, 2.45) is 0 Å². The molecule has 0 N–H and O–H groups in total. The number of hydrogen-bond acceptors (Lipinski definition) is 3. The highest BCUT2D eigenvalue weighted by Gasteiger charge is 2.23. The van der Waals surface area contributed by atoms with Gasteiger partial charge in [-0.15, -0.1) is 0 Å². The summed E-state index contributed by atoms with van der Waals surface area (Å²) in [6, 6.07) is 4.88. The quantitative estimate of drug-likeness (QED) is 0.838.